The van der Waals surface area contributed by atoms with Crippen molar-refractivity contribution >= 4 is 5.97 Å². The molecule has 2 heterocycles. The number of hydrogen-bond donors (Lipinski definition) is 1. The van der Waals surface area contributed by atoms with Crippen molar-refractivity contribution in [1.29, 1.82) is 0 Å². The van der Waals surface area contributed by atoms with Gasteiger partial charge >= 0.3 is 5.97 Å². The van der Waals surface area contributed by atoms with E-state index in [1.165, 1.54) is 6.08 Å². The van der Waals surface area contributed by atoms with Gasteiger partial charge in [0.2, 0.25) is 0 Å². The molecule has 0 amide bonds. The maximum absolute atomic E-state index is 11.1. The second kappa shape index (κ2) is 3.98. The third kappa shape index (κ3) is 1.75. The second-order valence-electron chi connectivity index (χ2n) is 4.18. The molecule has 0 bridgehead atoms. The fourth-order valence-corrected chi connectivity index (χ4v) is 2.25. The van der Waals surface area contributed by atoms with Crippen LogP contribution in [0.3, 0.4) is 0 Å². The minimum Gasteiger partial charge on any atom is -0.453 e. The zero-order valence-corrected chi connectivity index (χ0v) is 9.02. The number of carbonyl (C=O) groups is 1. The van der Waals surface area contributed by atoms with Crippen molar-refractivity contribution in [2.45, 2.75) is 24.4 Å². The van der Waals surface area contributed by atoms with Gasteiger partial charge in [-0.2, -0.15) is 0 Å². The van der Waals surface area contributed by atoms with E-state index < -0.39 is 24.3 Å². The highest BCUT2D eigenvalue weighted by molar-refractivity contribution is 5.83. The molecule has 2 aliphatic heterocycles. The van der Waals surface area contributed by atoms with Gasteiger partial charge < -0.3 is 14.6 Å². The molecular formula is C13H12O4. The van der Waals surface area contributed by atoms with E-state index in [-0.39, 0.29) is 6.10 Å². The standard InChI is InChI=1S/C13H12O4/c14-10-7-6-9-13(17-10)11(15)12(16-9)8-4-2-1-3-5-8/h1-7,9,11-13,15H/t9-,11+,12+,13+/m0/s1. The lowest BCUT2D eigenvalue weighted by atomic mass is 10.0. The summed E-state index contributed by atoms with van der Waals surface area (Å²) < 4.78 is 10.8. The summed E-state index contributed by atoms with van der Waals surface area (Å²) in [7, 11) is 0. The zero-order valence-electron chi connectivity index (χ0n) is 9.02. The van der Waals surface area contributed by atoms with Crippen LogP contribution in [0.5, 0.6) is 0 Å². The first-order valence-electron chi connectivity index (χ1n) is 5.53. The second-order valence-corrected chi connectivity index (χ2v) is 4.18. The van der Waals surface area contributed by atoms with E-state index in [1.807, 2.05) is 30.3 Å². The maximum Gasteiger partial charge on any atom is 0.330 e. The molecule has 0 aliphatic carbocycles. The van der Waals surface area contributed by atoms with Crippen LogP contribution in [0.15, 0.2) is 42.5 Å². The Labute approximate surface area is 98.5 Å². The molecule has 17 heavy (non-hydrogen) atoms. The summed E-state index contributed by atoms with van der Waals surface area (Å²) in [4.78, 5) is 11.1. The van der Waals surface area contributed by atoms with Crippen LogP contribution in [-0.2, 0) is 14.3 Å². The van der Waals surface area contributed by atoms with Gasteiger partial charge in [-0.15, -0.1) is 0 Å². The Bertz CT molecular complexity index is 454. The van der Waals surface area contributed by atoms with E-state index >= 15 is 0 Å². The van der Waals surface area contributed by atoms with E-state index in [2.05, 4.69) is 0 Å². The lowest BCUT2D eigenvalue weighted by Gasteiger charge is -2.20. The number of esters is 1. The highest BCUT2D eigenvalue weighted by atomic mass is 16.6. The number of aliphatic hydroxyl groups excluding tert-OH is 1. The van der Waals surface area contributed by atoms with Crippen LogP contribution in [-0.4, -0.2) is 29.4 Å². The van der Waals surface area contributed by atoms with Crippen LogP contribution in [0, 0.1) is 0 Å². The zero-order chi connectivity index (χ0) is 11.8. The quantitative estimate of drug-likeness (QED) is 0.733. The number of fused-ring (bicyclic) bond motifs is 1. The smallest absolute Gasteiger partial charge is 0.330 e. The molecule has 0 unspecified atom stereocenters. The van der Waals surface area contributed by atoms with Crippen molar-refractivity contribution in [3.05, 3.63) is 48.0 Å². The topological polar surface area (TPSA) is 55.8 Å². The van der Waals surface area contributed by atoms with Gasteiger partial charge in [-0.3, -0.25) is 0 Å². The van der Waals surface area contributed by atoms with Gasteiger partial charge in [0.1, 0.15) is 18.3 Å². The largest absolute Gasteiger partial charge is 0.453 e. The van der Waals surface area contributed by atoms with Gasteiger partial charge in [-0.1, -0.05) is 30.3 Å². The molecule has 1 N–H and O–H groups in total. The predicted octanol–water partition coefficient (Wildman–Crippen LogP) is 0.969. The molecule has 0 aromatic heterocycles. The molecule has 0 saturated carbocycles. The number of carbonyl (C=O) groups excluding carboxylic acids is 1. The lowest BCUT2D eigenvalue weighted by molar-refractivity contribution is -0.150. The average Bonchev–Trinajstić information content (AvgIpc) is 2.68. The third-order valence-corrected chi connectivity index (χ3v) is 3.08. The molecule has 0 spiro atoms. The number of benzene rings is 1. The van der Waals surface area contributed by atoms with E-state index in [9.17, 15) is 9.90 Å². The van der Waals surface area contributed by atoms with E-state index in [0.717, 1.165) is 5.56 Å². The maximum atomic E-state index is 11.1. The SMILES string of the molecule is O=C1C=C[C@@H]2O[C@H](c3ccccc3)[C@@H](O)[C@@H]2O1. The van der Waals surface area contributed by atoms with Crippen LogP contribution < -0.4 is 0 Å². The molecule has 3 rings (SSSR count). The Morgan fingerprint density at radius 1 is 1.18 bits per heavy atom. The number of ether oxygens (including phenoxy) is 2. The molecular weight excluding hydrogens is 220 g/mol. The van der Waals surface area contributed by atoms with Crippen molar-refractivity contribution in [2.24, 2.45) is 0 Å². The van der Waals surface area contributed by atoms with Gasteiger partial charge in [-0.05, 0) is 11.6 Å². The Kier molecular flexibility index (Phi) is 2.46. The molecule has 1 aromatic rings. The van der Waals surface area contributed by atoms with E-state index in [1.54, 1.807) is 6.08 Å². The first kappa shape index (κ1) is 10.5. The fourth-order valence-electron chi connectivity index (χ4n) is 2.25. The van der Waals surface area contributed by atoms with Crippen molar-refractivity contribution in [2.75, 3.05) is 0 Å². The first-order chi connectivity index (χ1) is 8.25. The van der Waals surface area contributed by atoms with Crippen LogP contribution in [0.25, 0.3) is 0 Å². The molecule has 1 saturated heterocycles. The Morgan fingerprint density at radius 3 is 2.71 bits per heavy atom. The van der Waals surface area contributed by atoms with Crippen molar-refractivity contribution < 1.29 is 19.4 Å². The fraction of sp³-hybridized carbons (Fsp3) is 0.308. The lowest BCUT2D eigenvalue weighted by Crippen LogP contribution is -2.36. The van der Waals surface area contributed by atoms with Gasteiger partial charge in [0.15, 0.2) is 6.10 Å². The van der Waals surface area contributed by atoms with Crippen LogP contribution in [0.2, 0.25) is 0 Å². The summed E-state index contributed by atoms with van der Waals surface area (Å²) in [6.45, 7) is 0. The van der Waals surface area contributed by atoms with Gasteiger partial charge in [0, 0.05) is 6.08 Å². The Morgan fingerprint density at radius 2 is 1.94 bits per heavy atom. The van der Waals surface area contributed by atoms with Crippen molar-refractivity contribution in [3.63, 3.8) is 0 Å². The molecule has 1 fully saturated rings. The summed E-state index contributed by atoms with van der Waals surface area (Å²) in [5, 5.41) is 10.1. The average molecular weight is 232 g/mol. The minimum atomic E-state index is -0.823. The van der Waals surface area contributed by atoms with Crippen LogP contribution >= 0.6 is 0 Å². The molecule has 88 valence electrons. The molecule has 4 atom stereocenters. The number of rotatable bonds is 1. The monoisotopic (exact) mass is 232 g/mol. The summed E-state index contributed by atoms with van der Waals surface area (Å²) >= 11 is 0. The Hall–Kier alpha value is -1.65. The highest BCUT2D eigenvalue weighted by Crippen LogP contribution is 2.36. The third-order valence-electron chi connectivity index (χ3n) is 3.08. The van der Waals surface area contributed by atoms with Crippen LogP contribution in [0.1, 0.15) is 11.7 Å². The molecule has 1 aromatic carbocycles. The molecule has 2 aliphatic rings. The normalized spacial score (nSPS) is 35.5. The number of aliphatic hydroxyl groups is 1. The summed E-state index contributed by atoms with van der Waals surface area (Å²) in [5.74, 6) is -0.428. The summed E-state index contributed by atoms with van der Waals surface area (Å²) in [6, 6.07) is 9.44. The van der Waals surface area contributed by atoms with Gasteiger partial charge in [0.25, 0.3) is 0 Å². The van der Waals surface area contributed by atoms with Crippen molar-refractivity contribution in [1.82, 2.24) is 0 Å². The highest BCUT2D eigenvalue weighted by Gasteiger charge is 2.46. The first-order valence-corrected chi connectivity index (χ1v) is 5.53. The molecule has 4 heteroatoms. The van der Waals surface area contributed by atoms with Gasteiger partial charge in [0.05, 0.1) is 0 Å². The molecule has 4 nitrogen and oxygen atoms in total. The Balaban J connectivity index is 1.87. The van der Waals surface area contributed by atoms with Crippen molar-refractivity contribution in [3.8, 4) is 0 Å². The van der Waals surface area contributed by atoms with E-state index in [0.29, 0.717) is 0 Å². The van der Waals surface area contributed by atoms with Crippen LogP contribution in [0.4, 0.5) is 0 Å². The summed E-state index contributed by atoms with van der Waals surface area (Å²) in [5.41, 5.74) is 0.888. The summed E-state index contributed by atoms with van der Waals surface area (Å²) in [6.07, 6.45) is 0.757. The number of hydrogen-bond acceptors (Lipinski definition) is 4. The van der Waals surface area contributed by atoms with E-state index in [4.69, 9.17) is 9.47 Å². The predicted molar refractivity (Wildman–Crippen MR) is 59.1 cm³/mol. The van der Waals surface area contributed by atoms with Gasteiger partial charge in [-0.25, -0.2) is 4.79 Å². The minimum absolute atomic E-state index is 0.354. The molecule has 0 radical (unpaired) electrons.